The van der Waals surface area contributed by atoms with Crippen molar-refractivity contribution < 1.29 is 14.0 Å². The Balaban J connectivity index is 1.32. The first-order valence-corrected chi connectivity index (χ1v) is 9.33. The number of nitrogens with zero attached hydrogens (tertiary/aromatic N) is 1. The molecule has 0 radical (unpaired) electrons. The molecule has 6 nitrogen and oxygen atoms in total. The van der Waals surface area contributed by atoms with Crippen molar-refractivity contribution in [3.8, 4) is 0 Å². The van der Waals surface area contributed by atoms with Crippen LogP contribution in [0.1, 0.15) is 29.0 Å². The van der Waals surface area contributed by atoms with Crippen LogP contribution in [0.3, 0.4) is 0 Å². The van der Waals surface area contributed by atoms with Crippen LogP contribution in [0, 0.1) is 0 Å². The van der Waals surface area contributed by atoms with Gasteiger partial charge in [-0.3, -0.25) is 14.4 Å². The molecule has 1 aliphatic heterocycles. The molecule has 2 heterocycles. The number of anilines is 1. The van der Waals surface area contributed by atoms with Crippen LogP contribution in [0.2, 0.25) is 0 Å². The van der Waals surface area contributed by atoms with Gasteiger partial charge in [-0.15, -0.1) is 0 Å². The summed E-state index contributed by atoms with van der Waals surface area (Å²) in [6.07, 6.45) is 1.73. The van der Waals surface area contributed by atoms with Crippen molar-refractivity contribution in [2.45, 2.75) is 19.3 Å². The highest BCUT2D eigenvalue weighted by Gasteiger charge is 2.23. The van der Waals surface area contributed by atoms with Gasteiger partial charge in [0.15, 0.2) is 11.2 Å². The van der Waals surface area contributed by atoms with Crippen molar-refractivity contribution in [3.05, 3.63) is 76.1 Å². The van der Waals surface area contributed by atoms with Gasteiger partial charge in [-0.2, -0.15) is 0 Å². The Morgan fingerprint density at radius 3 is 2.75 bits per heavy atom. The molecule has 28 heavy (non-hydrogen) atoms. The predicted molar refractivity (Wildman–Crippen MR) is 107 cm³/mol. The minimum absolute atomic E-state index is 0.0245. The van der Waals surface area contributed by atoms with Crippen molar-refractivity contribution in [3.63, 3.8) is 0 Å². The third-order valence-corrected chi connectivity index (χ3v) is 4.90. The van der Waals surface area contributed by atoms with Gasteiger partial charge in [0.2, 0.25) is 5.91 Å². The van der Waals surface area contributed by atoms with Gasteiger partial charge in [-0.25, -0.2) is 0 Å². The number of para-hydroxylation sites is 2. The normalized spacial score (nSPS) is 12.8. The number of hydrogen-bond acceptors (Lipinski definition) is 4. The third kappa shape index (κ3) is 3.53. The van der Waals surface area contributed by atoms with Crippen molar-refractivity contribution in [1.82, 2.24) is 5.32 Å². The van der Waals surface area contributed by atoms with Crippen molar-refractivity contribution in [2.24, 2.45) is 0 Å². The highest BCUT2D eigenvalue weighted by Crippen LogP contribution is 2.27. The topological polar surface area (TPSA) is 79.6 Å². The summed E-state index contributed by atoms with van der Waals surface area (Å²) in [7, 11) is 0. The number of carbonyl (C=O) groups excluding carboxylic acids is 2. The Labute approximate surface area is 161 Å². The fourth-order valence-electron chi connectivity index (χ4n) is 3.48. The molecular formula is C22H20N2O4. The molecule has 2 aromatic carbocycles. The van der Waals surface area contributed by atoms with Crippen LogP contribution < -0.4 is 15.6 Å². The lowest BCUT2D eigenvalue weighted by Gasteiger charge is -2.17. The van der Waals surface area contributed by atoms with E-state index in [1.807, 2.05) is 24.3 Å². The van der Waals surface area contributed by atoms with E-state index in [1.54, 1.807) is 29.2 Å². The van der Waals surface area contributed by atoms with Crippen LogP contribution in [-0.2, 0) is 11.2 Å². The molecule has 0 saturated heterocycles. The molecule has 4 rings (SSSR count). The van der Waals surface area contributed by atoms with E-state index in [-0.39, 0.29) is 17.1 Å². The average Bonchev–Trinajstić information content (AvgIpc) is 3.15. The monoisotopic (exact) mass is 376 g/mol. The van der Waals surface area contributed by atoms with E-state index in [4.69, 9.17) is 4.42 Å². The lowest BCUT2D eigenvalue weighted by Crippen LogP contribution is -2.30. The van der Waals surface area contributed by atoms with Gasteiger partial charge in [0.1, 0.15) is 5.58 Å². The summed E-state index contributed by atoms with van der Waals surface area (Å²) >= 11 is 0. The molecule has 6 heteroatoms. The molecule has 142 valence electrons. The van der Waals surface area contributed by atoms with Gasteiger partial charge in [-0.05, 0) is 36.6 Å². The largest absolute Gasteiger partial charge is 0.451 e. The summed E-state index contributed by atoms with van der Waals surface area (Å²) in [5.74, 6) is -0.429. The minimum atomic E-state index is -0.457. The Hall–Kier alpha value is -3.41. The molecule has 0 unspecified atom stereocenters. The van der Waals surface area contributed by atoms with Gasteiger partial charge >= 0.3 is 0 Å². The van der Waals surface area contributed by atoms with Crippen LogP contribution in [-0.4, -0.2) is 24.9 Å². The van der Waals surface area contributed by atoms with Gasteiger partial charge in [0.25, 0.3) is 5.91 Å². The van der Waals surface area contributed by atoms with Crippen LogP contribution in [0.25, 0.3) is 11.0 Å². The Morgan fingerprint density at radius 2 is 1.86 bits per heavy atom. The van der Waals surface area contributed by atoms with E-state index in [0.29, 0.717) is 36.9 Å². The van der Waals surface area contributed by atoms with E-state index in [1.165, 1.54) is 11.6 Å². The second-order valence-electron chi connectivity index (χ2n) is 6.75. The summed E-state index contributed by atoms with van der Waals surface area (Å²) in [5, 5.41) is 3.15. The Morgan fingerprint density at radius 1 is 1.07 bits per heavy atom. The van der Waals surface area contributed by atoms with E-state index >= 15 is 0 Å². The van der Waals surface area contributed by atoms with Gasteiger partial charge < -0.3 is 14.6 Å². The standard InChI is InChI=1S/C22H20N2O4/c25-18-14-20(28-19-9-4-2-7-16(18)19)22(27)23-12-5-10-21(26)24-13-11-15-6-1-3-8-17(15)24/h1-4,6-9,14H,5,10-13H2,(H,23,27). The molecule has 1 aromatic heterocycles. The smallest absolute Gasteiger partial charge is 0.287 e. The first-order chi connectivity index (χ1) is 13.6. The molecular weight excluding hydrogens is 356 g/mol. The highest BCUT2D eigenvalue weighted by molar-refractivity contribution is 5.95. The molecule has 0 spiro atoms. The molecule has 2 amide bonds. The number of fused-ring (bicyclic) bond motifs is 2. The van der Waals surface area contributed by atoms with Crippen molar-refractivity contribution in [2.75, 3.05) is 18.0 Å². The summed E-state index contributed by atoms with van der Waals surface area (Å²) < 4.78 is 5.52. The van der Waals surface area contributed by atoms with Crippen LogP contribution in [0.15, 0.2) is 63.8 Å². The predicted octanol–water partition coefficient (Wildman–Crippen LogP) is 2.89. The lowest BCUT2D eigenvalue weighted by atomic mass is 10.2. The lowest BCUT2D eigenvalue weighted by molar-refractivity contribution is -0.118. The third-order valence-electron chi connectivity index (χ3n) is 4.90. The number of amides is 2. The first kappa shape index (κ1) is 18.0. The Kier molecular flexibility index (Phi) is 4.93. The fourth-order valence-corrected chi connectivity index (χ4v) is 3.48. The second kappa shape index (κ2) is 7.68. The molecule has 1 aliphatic rings. The summed E-state index contributed by atoms with van der Waals surface area (Å²) in [4.78, 5) is 38.6. The number of carbonyl (C=O) groups is 2. The number of benzene rings is 2. The molecule has 0 aliphatic carbocycles. The maximum absolute atomic E-state index is 12.5. The van der Waals surface area contributed by atoms with Crippen molar-refractivity contribution in [1.29, 1.82) is 0 Å². The zero-order valence-corrected chi connectivity index (χ0v) is 15.3. The number of rotatable bonds is 5. The fraction of sp³-hybridized carbons (Fsp3) is 0.227. The highest BCUT2D eigenvalue weighted by atomic mass is 16.3. The number of hydrogen-bond donors (Lipinski definition) is 1. The minimum Gasteiger partial charge on any atom is -0.451 e. The first-order valence-electron chi connectivity index (χ1n) is 9.33. The van der Waals surface area contributed by atoms with Crippen LogP contribution >= 0.6 is 0 Å². The maximum atomic E-state index is 12.5. The van der Waals surface area contributed by atoms with E-state index in [0.717, 1.165) is 12.1 Å². The summed E-state index contributed by atoms with van der Waals surface area (Å²) in [5.41, 5.74) is 2.29. The molecule has 0 bridgehead atoms. The Bertz CT molecular complexity index is 1100. The number of nitrogens with one attached hydrogen (secondary N) is 1. The zero-order valence-electron chi connectivity index (χ0n) is 15.3. The van der Waals surface area contributed by atoms with Gasteiger partial charge in [-0.1, -0.05) is 30.3 Å². The van der Waals surface area contributed by atoms with Gasteiger partial charge in [0.05, 0.1) is 5.39 Å². The zero-order chi connectivity index (χ0) is 19.5. The molecule has 3 aromatic rings. The van der Waals surface area contributed by atoms with E-state index in [9.17, 15) is 14.4 Å². The van der Waals surface area contributed by atoms with Crippen LogP contribution in [0.4, 0.5) is 5.69 Å². The quantitative estimate of drug-likeness (QED) is 0.695. The van der Waals surface area contributed by atoms with Crippen molar-refractivity contribution >= 4 is 28.5 Å². The SMILES string of the molecule is O=C(NCCCC(=O)N1CCc2ccccc21)c1cc(=O)c2ccccc2o1. The molecule has 0 fully saturated rings. The second-order valence-corrected chi connectivity index (χ2v) is 6.75. The maximum Gasteiger partial charge on any atom is 0.287 e. The molecule has 1 N–H and O–H groups in total. The van der Waals surface area contributed by atoms with Crippen LogP contribution in [0.5, 0.6) is 0 Å². The van der Waals surface area contributed by atoms with E-state index in [2.05, 4.69) is 5.32 Å². The molecule has 0 saturated carbocycles. The summed E-state index contributed by atoms with van der Waals surface area (Å²) in [6.45, 7) is 1.03. The average molecular weight is 376 g/mol. The summed E-state index contributed by atoms with van der Waals surface area (Å²) in [6, 6.07) is 15.9. The van der Waals surface area contributed by atoms with E-state index < -0.39 is 5.91 Å². The van der Waals surface area contributed by atoms with Gasteiger partial charge in [0, 0.05) is 31.3 Å². The molecule has 0 atom stereocenters.